The quantitative estimate of drug-likeness (QED) is 0.661. The molecule has 0 unspecified atom stereocenters. The van der Waals surface area contributed by atoms with Crippen LogP contribution in [-0.2, 0) is 16.1 Å². The number of nitrogens with two attached hydrogens (primary N) is 1. The number of aryl methyl sites for hydroxylation is 1. The fourth-order valence-electron chi connectivity index (χ4n) is 2.04. The summed E-state index contributed by atoms with van der Waals surface area (Å²) in [6.07, 6.45) is 0. The van der Waals surface area contributed by atoms with E-state index in [0.717, 1.165) is 5.56 Å². The zero-order valence-corrected chi connectivity index (χ0v) is 12.3. The van der Waals surface area contributed by atoms with Crippen molar-refractivity contribution in [2.24, 2.45) is 0 Å². The Morgan fingerprint density at radius 2 is 2.19 bits per heavy atom. The molecule has 0 aliphatic heterocycles. The van der Waals surface area contributed by atoms with Crippen molar-refractivity contribution in [1.29, 1.82) is 0 Å². The summed E-state index contributed by atoms with van der Waals surface area (Å²) in [6.45, 7) is 3.87. The number of methoxy groups -OCH3 is 1. The highest BCUT2D eigenvalue weighted by Gasteiger charge is 2.17. The summed E-state index contributed by atoms with van der Waals surface area (Å²) in [7, 11) is 1.58. The van der Waals surface area contributed by atoms with Crippen LogP contribution in [0, 0.1) is 6.92 Å². The topological polar surface area (TPSA) is 92.3 Å². The Morgan fingerprint density at radius 3 is 2.86 bits per heavy atom. The van der Waals surface area contributed by atoms with Gasteiger partial charge in [-0.05, 0) is 32.0 Å². The predicted molar refractivity (Wildman–Crippen MR) is 77.8 cm³/mol. The van der Waals surface area contributed by atoms with Crippen LogP contribution in [0.5, 0.6) is 5.75 Å². The van der Waals surface area contributed by atoms with Crippen molar-refractivity contribution in [2.45, 2.75) is 20.4 Å². The van der Waals surface area contributed by atoms with E-state index in [-0.39, 0.29) is 12.5 Å². The van der Waals surface area contributed by atoms with Crippen molar-refractivity contribution in [3.63, 3.8) is 0 Å². The highest BCUT2D eigenvalue weighted by molar-refractivity contribution is 5.78. The Labute approximate surface area is 122 Å². The first-order valence-corrected chi connectivity index (χ1v) is 6.56. The summed E-state index contributed by atoms with van der Waals surface area (Å²) in [5, 5.41) is 7.99. The van der Waals surface area contributed by atoms with Gasteiger partial charge in [-0.3, -0.25) is 4.79 Å². The lowest BCUT2D eigenvalue weighted by atomic mass is 10.1. The van der Waals surface area contributed by atoms with E-state index in [1.54, 1.807) is 32.2 Å². The first-order valence-electron chi connectivity index (χ1n) is 6.56. The molecule has 0 saturated carbocycles. The summed E-state index contributed by atoms with van der Waals surface area (Å²) in [4.78, 5) is 11.6. The Balaban J connectivity index is 2.44. The number of aromatic nitrogens is 3. The molecule has 0 aliphatic rings. The number of nitrogen functional groups attached to an aromatic ring is 1. The van der Waals surface area contributed by atoms with E-state index >= 15 is 0 Å². The number of hydrogen-bond donors (Lipinski definition) is 1. The molecule has 1 aromatic carbocycles. The molecule has 0 aliphatic carbocycles. The molecule has 21 heavy (non-hydrogen) atoms. The van der Waals surface area contributed by atoms with Crippen LogP contribution in [0.15, 0.2) is 18.2 Å². The van der Waals surface area contributed by atoms with Crippen molar-refractivity contribution >= 4 is 11.7 Å². The van der Waals surface area contributed by atoms with Crippen molar-refractivity contribution in [1.82, 2.24) is 15.0 Å². The van der Waals surface area contributed by atoms with Crippen molar-refractivity contribution in [3.05, 3.63) is 23.9 Å². The number of benzene rings is 1. The van der Waals surface area contributed by atoms with Crippen LogP contribution >= 0.6 is 0 Å². The highest BCUT2D eigenvalue weighted by atomic mass is 16.5. The number of hydrogen-bond acceptors (Lipinski definition) is 6. The average Bonchev–Trinajstić information content (AvgIpc) is 2.81. The molecule has 7 heteroatoms. The molecule has 112 valence electrons. The Morgan fingerprint density at radius 1 is 1.43 bits per heavy atom. The van der Waals surface area contributed by atoms with Gasteiger partial charge >= 0.3 is 5.97 Å². The second kappa shape index (κ2) is 6.25. The number of carbonyl (C=O) groups is 1. The van der Waals surface area contributed by atoms with Gasteiger partial charge in [-0.2, -0.15) is 0 Å². The fourth-order valence-corrected chi connectivity index (χ4v) is 2.04. The van der Waals surface area contributed by atoms with Gasteiger partial charge in [0.2, 0.25) is 0 Å². The minimum Gasteiger partial charge on any atom is -0.497 e. The van der Waals surface area contributed by atoms with E-state index in [2.05, 4.69) is 10.3 Å². The lowest BCUT2D eigenvalue weighted by molar-refractivity contribution is -0.144. The third kappa shape index (κ3) is 3.13. The predicted octanol–water partition coefficient (Wildman–Crippen LogP) is 1.41. The molecule has 2 aromatic rings. The molecule has 0 amide bonds. The van der Waals surface area contributed by atoms with E-state index in [1.807, 2.05) is 6.92 Å². The van der Waals surface area contributed by atoms with Gasteiger partial charge in [0, 0.05) is 11.3 Å². The summed E-state index contributed by atoms with van der Waals surface area (Å²) < 4.78 is 11.6. The third-order valence-electron chi connectivity index (χ3n) is 3.00. The average molecular weight is 290 g/mol. The van der Waals surface area contributed by atoms with Crippen LogP contribution in [0.4, 0.5) is 5.69 Å². The van der Waals surface area contributed by atoms with Crippen LogP contribution in [-0.4, -0.2) is 34.7 Å². The number of rotatable bonds is 5. The largest absolute Gasteiger partial charge is 0.497 e. The molecule has 2 N–H and O–H groups in total. The van der Waals surface area contributed by atoms with E-state index in [1.165, 1.54) is 4.68 Å². The zero-order valence-electron chi connectivity index (χ0n) is 12.3. The van der Waals surface area contributed by atoms with E-state index in [0.29, 0.717) is 29.4 Å². The van der Waals surface area contributed by atoms with E-state index in [4.69, 9.17) is 15.2 Å². The second-order valence-corrected chi connectivity index (χ2v) is 4.44. The van der Waals surface area contributed by atoms with Gasteiger partial charge in [0.1, 0.15) is 12.3 Å². The molecule has 0 saturated heterocycles. The van der Waals surface area contributed by atoms with Gasteiger partial charge in [0.05, 0.1) is 25.1 Å². The monoisotopic (exact) mass is 290 g/mol. The molecule has 0 radical (unpaired) electrons. The van der Waals surface area contributed by atoms with Crippen molar-refractivity contribution in [2.75, 3.05) is 19.5 Å². The molecule has 0 fully saturated rings. The molecule has 0 spiro atoms. The first kappa shape index (κ1) is 14.8. The summed E-state index contributed by atoms with van der Waals surface area (Å²) in [5.74, 6) is 0.299. The minimum absolute atomic E-state index is 0.0132. The van der Waals surface area contributed by atoms with Gasteiger partial charge in [-0.25, -0.2) is 4.68 Å². The number of esters is 1. The van der Waals surface area contributed by atoms with Crippen LogP contribution < -0.4 is 10.5 Å². The first-order chi connectivity index (χ1) is 10.1. The van der Waals surface area contributed by atoms with E-state index in [9.17, 15) is 4.79 Å². The summed E-state index contributed by atoms with van der Waals surface area (Å²) in [6, 6.07) is 5.31. The van der Waals surface area contributed by atoms with Crippen LogP contribution in [0.1, 0.15) is 12.6 Å². The van der Waals surface area contributed by atoms with Crippen LogP contribution in [0.25, 0.3) is 11.3 Å². The summed E-state index contributed by atoms with van der Waals surface area (Å²) in [5.41, 5.74) is 8.67. The molecule has 7 nitrogen and oxygen atoms in total. The number of nitrogens with zero attached hydrogens (tertiary/aromatic N) is 3. The number of anilines is 1. The smallest absolute Gasteiger partial charge is 0.327 e. The van der Waals surface area contributed by atoms with Crippen molar-refractivity contribution in [3.8, 4) is 17.0 Å². The minimum atomic E-state index is -0.370. The van der Waals surface area contributed by atoms with Crippen LogP contribution in [0.3, 0.4) is 0 Å². The standard InChI is InChI=1S/C14H18N4O3/c1-4-21-13(19)8-18-14(9(2)16-17-18)11-7-10(20-3)5-6-12(11)15/h5-7H,4,8,15H2,1-3H3. The molecule has 0 atom stereocenters. The number of carbonyl (C=O) groups excluding carboxylic acids is 1. The Kier molecular flexibility index (Phi) is 4.42. The molecular formula is C14H18N4O3. The van der Waals surface area contributed by atoms with Crippen LogP contribution in [0.2, 0.25) is 0 Å². The van der Waals surface area contributed by atoms with Gasteiger partial charge in [0.25, 0.3) is 0 Å². The van der Waals surface area contributed by atoms with Gasteiger partial charge < -0.3 is 15.2 Å². The maximum absolute atomic E-state index is 11.6. The van der Waals surface area contributed by atoms with Gasteiger partial charge in [-0.15, -0.1) is 5.10 Å². The molecule has 2 rings (SSSR count). The summed E-state index contributed by atoms with van der Waals surface area (Å²) >= 11 is 0. The normalized spacial score (nSPS) is 10.4. The molecule has 0 bridgehead atoms. The van der Waals surface area contributed by atoms with Gasteiger partial charge in [0.15, 0.2) is 0 Å². The Bertz CT molecular complexity index is 652. The highest BCUT2D eigenvalue weighted by Crippen LogP contribution is 2.31. The third-order valence-corrected chi connectivity index (χ3v) is 3.00. The maximum atomic E-state index is 11.6. The lowest BCUT2D eigenvalue weighted by Gasteiger charge is -2.11. The maximum Gasteiger partial charge on any atom is 0.327 e. The lowest BCUT2D eigenvalue weighted by Crippen LogP contribution is -2.15. The molecule has 1 heterocycles. The van der Waals surface area contributed by atoms with Gasteiger partial charge in [-0.1, -0.05) is 5.21 Å². The number of ether oxygens (including phenoxy) is 2. The molecular weight excluding hydrogens is 272 g/mol. The zero-order chi connectivity index (χ0) is 15.4. The fraction of sp³-hybridized carbons (Fsp3) is 0.357. The SMILES string of the molecule is CCOC(=O)Cn1nnc(C)c1-c1cc(OC)ccc1N. The molecule has 1 aromatic heterocycles. The second-order valence-electron chi connectivity index (χ2n) is 4.44. The van der Waals surface area contributed by atoms with Crippen molar-refractivity contribution < 1.29 is 14.3 Å². The van der Waals surface area contributed by atoms with E-state index < -0.39 is 0 Å². The Hall–Kier alpha value is -2.57.